The smallest absolute Gasteiger partial charge is 0.244 e. The molecule has 0 atom stereocenters. The molecule has 1 aliphatic rings. The van der Waals surface area contributed by atoms with Gasteiger partial charge in [-0.3, -0.25) is 0 Å². The van der Waals surface area contributed by atoms with Gasteiger partial charge in [0.05, 0.1) is 14.2 Å². The molecule has 0 spiro atoms. The first kappa shape index (κ1) is 18.2. The van der Waals surface area contributed by atoms with Gasteiger partial charge in [0.25, 0.3) is 0 Å². The summed E-state index contributed by atoms with van der Waals surface area (Å²) in [5.41, 5.74) is 1.13. The second-order valence-electron chi connectivity index (χ2n) is 6.34. The molecule has 1 N–H and O–H groups in total. The molecule has 1 aromatic carbocycles. The van der Waals surface area contributed by atoms with Crippen molar-refractivity contribution in [3.05, 3.63) is 40.6 Å². The van der Waals surface area contributed by atoms with Gasteiger partial charge in [0.15, 0.2) is 0 Å². The Kier molecular flexibility index (Phi) is 5.36. The molecule has 25 heavy (non-hydrogen) atoms. The summed E-state index contributed by atoms with van der Waals surface area (Å²) in [6.45, 7) is 0.404. The molecule has 2 aromatic rings. The predicted octanol–water partition coefficient (Wildman–Crippen LogP) is 3.56. The number of sulfonamides is 1. The monoisotopic (exact) mass is 381 g/mol. The lowest BCUT2D eigenvalue weighted by Crippen LogP contribution is -2.38. The number of methoxy groups -OCH3 is 2. The van der Waals surface area contributed by atoms with E-state index in [9.17, 15) is 8.42 Å². The van der Waals surface area contributed by atoms with E-state index in [0.29, 0.717) is 12.3 Å². The zero-order valence-corrected chi connectivity index (χ0v) is 16.1. The van der Waals surface area contributed by atoms with Gasteiger partial charge in [-0.25, -0.2) is 13.1 Å². The fourth-order valence-electron chi connectivity index (χ4n) is 3.49. The van der Waals surface area contributed by atoms with Crippen molar-refractivity contribution < 1.29 is 17.9 Å². The molecule has 0 unspecified atom stereocenters. The Labute approximate surface area is 153 Å². The number of rotatable bonds is 7. The van der Waals surface area contributed by atoms with Gasteiger partial charge < -0.3 is 9.47 Å². The zero-order chi connectivity index (χ0) is 17.9. The van der Waals surface area contributed by atoms with Gasteiger partial charge in [0.1, 0.15) is 16.4 Å². The van der Waals surface area contributed by atoms with E-state index < -0.39 is 10.0 Å². The Bertz CT molecular complexity index is 810. The van der Waals surface area contributed by atoms with Crippen molar-refractivity contribution in [3.8, 4) is 11.5 Å². The molecule has 5 nitrogen and oxygen atoms in total. The highest BCUT2D eigenvalue weighted by molar-refractivity contribution is 7.89. The molecular weight excluding hydrogens is 358 g/mol. The van der Waals surface area contributed by atoms with Crippen LogP contribution in [0.15, 0.2) is 39.9 Å². The van der Waals surface area contributed by atoms with Crippen molar-refractivity contribution in [2.45, 2.75) is 36.0 Å². The van der Waals surface area contributed by atoms with Crippen LogP contribution >= 0.6 is 11.3 Å². The highest BCUT2D eigenvalue weighted by Gasteiger charge is 2.37. The number of thiophene rings is 1. The second kappa shape index (κ2) is 7.35. The topological polar surface area (TPSA) is 64.6 Å². The van der Waals surface area contributed by atoms with Crippen LogP contribution in [-0.2, 0) is 15.4 Å². The average molecular weight is 382 g/mol. The molecule has 0 bridgehead atoms. The molecule has 1 aliphatic carbocycles. The number of nitrogens with one attached hydrogen (secondary N) is 1. The number of hydrogen-bond acceptors (Lipinski definition) is 5. The molecule has 3 rings (SSSR count). The number of hydrogen-bond donors (Lipinski definition) is 1. The third-order valence-electron chi connectivity index (χ3n) is 4.96. The summed E-state index contributed by atoms with van der Waals surface area (Å²) >= 11 is 1.65. The van der Waals surface area contributed by atoms with Crippen molar-refractivity contribution in [3.63, 3.8) is 0 Å². The Morgan fingerprint density at radius 1 is 1.16 bits per heavy atom. The van der Waals surface area contributed by atoms with Crippen LogP contribution in [0.1, 0.15) is 31.2 Å². The Morgan fingerprint density at radius 3 is 2.52 bits per heavy atom. The largest absolute Gasteiger partial charge is 0.497 e. The fraction of sp³-hybridized carbons (Fsp3) is 0.444. The van der Waals surface area contributed by atoms with Gasteiger partial charge in [0, 0.05) is 18.0 Å². The Morgan fingerprint density at radius 2 is 1.92 bits per heavy atom. The summed E-state index contributed by atoms with van der Waals surface area (Å²) < 4.78 is 38.9. The zero-order valence-electron chi connectivity index (χ0n) is 14.4. The summed E-state index contributed by atoms with van der Waals surface area (Å²) in [6.07, 6.45) is 4.27. The van der Waals surface area contributed by atoms with Crippen LogP contribution in [0.25, 0.3) is 0 Å². The minimum Gasteiger partial charge on any atom is -0.497 e. The molecule has 0 radical (unpaired) electrons. The van der Waals surface area contributed by atoms with E-state index in [4.69, 9.17) is 9.47 Å². The molecule has 0 saturated heterocycles. The fourth-order valence-corrected chi connectivity index (χ4v) is 5.55. The Balaban J connectivity index is 1.84. The Hall–Kier alpha value is -1.57. The van der Waals surface area contributed by atoms with Crippen LogP contribution in [0.3, 0.4) is 0 Å². The molecule has 1 aromatic heterocycles. The van der Waals surface area contributed by atoms with Crippen molar-refractivity contribution >= 4 is 21.4 Å². The van der Waals surface area contributed by atoms with E-state index >= 15 is 0 Å². The van der Waals surface area contributed by atoms with Gasteiger partial charge in [-0.05, 0) is 47.4 Å². The van der Waals surface area contributed by atoms with E-state index in [1.54, 1.807) is 23.5 Å². The van der Waals surface area contributed by atoms with E-state index in [1.165, 1.54) is 25.8 Å². The summed E-state index contributed by atoms with van der Waals surface area (Å²) in [6, 6.07) is 6.84. The standard InChI is InChI=1S/C18H23NO4S2/c1-22-15-5-6-17(16(11-15)23-2)25(20,21)19-13-18(8-3-4-9-18)14-7-10-24-12-14/h5-7,10-12,19H,3-4,8-9,13H2,1-2H3. The SMILES string of the molecule is COc1ccc(S(=O)(=O)NCC2(c3ccsc3)CCCC2)c(OC)c1. The second-order valence-corrected chi connectivity index (χ2v) is 8.86. The van der Waals surface area contributed by atoms with Gasteiger partial charge in [0.2, 0.25) is 10.0 Å². The molecule has 1 heterocycles. The van der Waals surface area contributed by atoms with Crippen molar-refractivity contribution in [2.24, 2.45) is 0 Å². The van der Waals surface area contributed by atoms with Crippen LogP contribution in [0.4, 0.5) is 0 Å². The molecule has 1 fully saturated rings. The number of ether oxygens (including phenoxy) is 2. The first-order valence-electron chi connectivity index (χ1n) is 8.25. The third kappa shape index (κ3) is 3.68. The molecule has 1 saturated carbocycles. The normalized spacial score (nSPS) is 16.7. The first-order valence-corrected chi connectivity index (χ1v) is 10.7. The lowest BCUT2D eigenvalue weighted by molar-refractivity contribution is 0.385. The van der Waals surface area contributed by atoms with E-state index in [1.807, 2.05) is 0 Å². The van der Waals surface area contributed by atoms with Gasteiger partial charge in [-0.1, -0.05) is 12.8 Å². The van der Waals surface area contributed by atoms with E-state index in [2.05, 4.69) is 21.5 Å². The summed E-state index contributed by atoms with van der Waals surface area (Å²) in [5.74, 6) is 0.837. The molecular formula is C18H23NO4S2. The lowest BCUT2D eigenvalue weighted by Gasteiger charge is -2.28. The van der Waals surface area contributed by atoms with Crippen LogP contribution in [-0.4, -0.2) is 29.2 Å². The minimum absolute atomic E-state index is 0.104. The maximum Gasteiger partial charge on any atom is 0.244 e. The van der Waals surface area contributed by atoms with Crippen molar-refractivity contribution in [1.29, 1.82) is 0 Å². The third-order valence-corrected chi connectivity index (χ3v) is 7.08. The predicted molar refractivity (Wildman–Crippen MR) is 99.2 cm³/mol. The summed E-state index contributed by atoms with van der Waals surface area (Å²) in [4.78, 5) is 0.134. The summed E-state index contributed by atoms with van der Waals surface area (Å²) in [7, 11) is -0.682. The van der Waals surface area contributed by atoms with E-state index in [0.717, 1.165) is 25.7 Å². The maximum absolute atomic E-state index is 12.9. The minimum atomic E-state index is -3.67. The van der Waals surface area contributed by atoms with E-state index in [-0.39, 0.29) is 16.1 Å². The molecule has 0 aliphatic heterocycles. The molecule has 0 amide bonds. The maximum atomic E-state index is 12.9. The van der Waals surface area contributed by atoms with Crippen molar-refractivity contribution in [1.82, 2.24) is 4.72 Å². The highest BCUT2D eigenvalue weighted by atomic mass is 32.2. The molecule has 136 valence electrons. The lowest BCUT2D eigenvalue weighted by atomic mass is 9.81. The number of benzene rings is 1. The van der Waals surface area contributed by atoms with Crippen molar-refractivity contribution in [2.75, 3.05) is 20.8 Å². The summed E-state index contributed by atoms with van der Waals surface area (Å²) in [5, 5.41) is 4.18. The van der Waals surface area contributed by atoms with Crippen LogP contribution in [0, 0.1) is 0 Å². The van der Waals surface area contributed by atoms with Crippen LogP contribution < -0.4 is 14.2 Å². The van der Waals surface area contributed by atoms with Crippen LogP contribution in [0.5, 0.6) is 11.5 Å². The van der Waals surface area contributed by atoms with Crippen LogP contribution in [0.2, 0.25) is 0 Å². The highest BCUT2D eigenvalue weighted by Crippen LogP contribution is 2.42. The van der Waals surface area contributed by atoms with Gasteiger partial charge >= 0.3 is 0 Å². The average Bonchev–Trinajstić information content (AvgIpc) is 3.31. The van der Waals surface area contributed by atoms with Gasteiger partial charge in [-0.2, -0.15) is 11.3 Å². The van der Waals surface area contributed by atoms with Gasteiger partial charge in [-0.15, -0.1) is 0 Å². The quantitative estimate of drug-likeness (QED) is 0.796. The first-order chi connectivity index (χ1) is 12.0. The molecule has 7 heteroatoms.